The van der Waals surface area contributed by atoms with Crippen molar-refractivity contribution in [1.82, 2.24) is 9.97 Å². The third kappa shape index (κ3) is 2.92. The highest BCUT2D eigenvalue weighted by molar-refractivity contribution is 9.10. The van der Waals surface area contributed by atoms with Crippen LogP contribution in [0.2, 0.25) is 0 Å². The lowest BCUT2D eigenvalue weighted by molar-refractivity contribution is 0.263. The predicted octanol–water partition coefficient (Wildman–Crippen LogP) is 1.88. The second-order valence-electron chi connectivity index (χ2n) is 4.50. The highest BCUT2D eigenvalue weighted by Gasteiger charge is 2.25. The zero-order chi connectivity index (χ0) is 13.0. The molecule has 1 unspecified atom stereocenters. The first-order chi connectivity index (χ1) is 8.76. The largest absolute Gasteiger partial charge is 0.396 e. The van der Waals surface area contributed by atoms with Crippen molar-refractivity contribution < 1.29 is 5.11 Å². The first-order valence-electron chi connectivity index (χ1n) is 6.36. The van der Waals surface area contributed by atoms with Crippen molar-refractivity contribution in [2.24, 2.45) is 5.92 Å². The molecule has 0 bridgehead atoms. The second-order valence-corrected chi connectivity index (χ2v) is 5.30. The summed E-state index contributed by atoms with van der Waals surface area (Å²) in [6.07, 6.45) is 3.59. The lowest BCUT2D eigenvalue weighted by Gasteiger charge is -2.19. The van der Waals surface area contributed by atoms with Crippen LogP contribution in [0.5, 0.6) is 0 Å². The molecule has 0 amide bonds. The molecule has 6 heteroatoms. The third-order valence-corrected chi connectivity index (χ3v) is 3.97. The molecule has 1 aliphatic heterocycles. The number of hydrogen-bond acceptors (Lipinski definition) is 5. The number of nitrogens with one attached hydrogen (secondary N) is 1. The van der Waals surface area contributed by atoms with Crippen LogP contribution in [0.15, 0.2) is 10.8 Å². The Balaban J connectivity index is 2.12. The summed E-state index contributed by atoms with van der Waals surface area (Å²) < 4.78 is 0.927. The Morgan fingerprint density at radius 2 is 2.39 bits per heavy atom. The summed E-state index contributed by atoms with van der Waals surface area (Å²) in [5.74, 6) is 2.36. The van der Waals surface area contributed by atoms with Crippen LogP contribution in [0.1, 0.15) is 19.8 Å². The van der Waals surface area contributed by atoms with E-state index < -0.39 is 0 Å². The van der Waals surface area contributed by atoms with Crippen LogP contribution >= 0.6 is 15.9 Å². The fraction of sp³-hybridized carbons (Fsp3) is 0.667. The van der Waals surface area contributed by atoms with Gasteiger partial charge in [-0.05, 0) is 41.6 Å². The molecular formula is C12H19BrN4O. The van der Waals surface area contributed by atoms with Gasteiger partial charge >= 0.3 is 0 Å². The van der Waals surface area contributed by atoms with E-state index in [0.717, 1.165) is 48.6 Å². The van der Waals surface area contributed by atoms with Crippen LogP contribution < -0.4 is 10.2 Å². The van der Waals surface area contributed by atoms with Crippen molar-refractivity contribution in [2.45, 2.75) is 19.8 Å². The van der Waals surface area contributed by atoms with E-state index >= 15 is 0 Å². The average molecular weight is 315 g/mol. The minimum absolute atomic E-state index is 0.270. The molecule has 2 N–H and O–H groups in total. The van der Waals surface area contributed by atoms with E-state index in [1.807, 2.05) is 6.92 Å². The summed E-state index contributed by atoms with van der Waals surface area (Å²) in [5.41, 5.74) is 0. The van der Waals surface area contributed by atoms with Crippen molar-refractivity contribution in [3.63, 3.8) is 0 Å². The number of aromatic nitrogens is 2. The molecule has 1 fully saturated rings. The second kappa shape index (κ2) is 6.33. The molecule has 2 rings (SSSR count). The maximum absolute atomic E-state index is 8.99. The highest BCUT2D eigenvalue weighted by atomic mass is 79.9. The highest BCUT2D eigenvalue weighted by Crippen LogP contribution is 2.33. The van der Waals surface area contributed by atoms with Crippen molar-refractivity contribution in [3.8, 4) is 0 Å². The van der Waals surface area contributed by atoms with Crippen LogP contribution in [-0.2, 0) is 0 Å². The van der Waals surface area contributed by atoms with Crippen molar-refractivity contribution >= 4 is 27.6 Å². The topological polar surface area (TPSA) is 61.3 Å². The molecule has 1 aromatic rings. The standard InChI is InChI=1S/C12H19BrN4O/c1-2-14-11-10(13)12(16-8-15-11)17-5-3-9(7-17)4-6-18/h8-9,18H,2-7H2,1H3,(H,14,15,16). The van der Waals surface area contributed by atoms with Gasteiger partial charge in [0.05, 0.1) is 0 Å². The Labute approximate surface area is 116 Å². The van der Waals surface area contributed by atoms with Gasteiger partial charge in [-0.3, -0.25) is 0 Å². The molecule has 1 saturated heterocycles. The van der Waals surface area contributed by atoms with Gasteiger partial charge in [0.1, 0.15) is 22.4 Å². The molecule has 5 nitrogen and oxygen atoms in total. The van der Waals surface area contributed by atoms with E-state index in [1.54, 1.807) is 6.33 Å². The van der Waals surface area contributed by atoms with Gasteiger partial charge in [0, 0.05) is 26.2 Å². The SMILES string of the molecule is CCNc1ncnc(N2CCC(CCO)C2)c1Br. The van der Waals surface area contributed by atoms with E-state index in [2.05, 4.69) is 36.1 Å². The van der Waals surface area contributed by atoms with Gasteiger partial charge in [0.15, 0.2) is 0 Å². The predicted molar refractivity (Wildman–Crippen MR) is 75.9 cm³/mol. The Morgan fingerprint density at radius 3 is 3.11 bits per heavy atom. The van der Waals surface area contributed by atoms with Gasteiger partial charge < -0.3 is 15.3 Å². The summed E-state index contributed by atoms with van der Waals surface area (Å²) in [7, 11) is 0. The molecule has 1 aliphatic rings. The molecule has 0 aliphatic carbocycles. The monoisotopic (exact) mass is 314 g/mol. The molecule has 0 aromatic carbocycles. The summed E-state index contributed by atoms with van der Waals surface area (Å²) in [6.45, 7) is 5.10. The first-order valence-corrected chi connectivity index (χ1v) is 7.15. The van der Waals surface area contributed by atoms with Crippen LogP contribution in [-0.4, -0.2) is 41.3 Å². The zero-order valence-corrected chi connectivity index (χ0v) is 12.2. The molecule has 2 heterocycles. The van der Waals surface area contributed by atoms with Gasteiger partial charge in [-0.25, -0.2) is 9.97 Å². The lowest BCUT2D eigenvalue weighted by atomic mass is 10.1. The molecule has 1 aromatic heterocycles. The smallest absolute Gasteiger partial charge is 0.148 e. The fourth-order valence-electron chi connectivity index (χ4n) is 2.31. The van der Waals surface area contributed by atoms with Crippen LogP contribution in [0, 0.1) is 5.92 Å². The maximum atomic E-state index is 8.99. The Bertz CT molecular complexity index is 402. The first kappa shape index (κ1) is 13.5. The number of hydrogen-bond donors (Lipinski definition) is 2. The normalized spacial score (nSPS) is 19.3. The minimum atomic E-state index is 0.270. The van der Waals surface area contributed by atoms with E-state index in [0.29, 0.717) is 5.92 Å². The minimum Gasteiger partial charge on any atom is -0.396 e. The van der Waals surface area contributed by atoms with Gasteiger partial charge in [-0.1, -0.05) is 0 Å². The third-order valence-electron chi connectivity index (χ3n) is 3.24. The lowest BCUT2D eigenvalue weighted by Crippen LogP contribution is -2.22. The van der Waals surface area contributed by atoms with Crippen molar-refractivity contribution in [2.75, 3.05) is 36.5 Å². The molecule has 0 spiro atoms. The maximum Gasteiger partial charge on any atom is 0.148 e. The average Bonchev–Trinajstić information content (AvgIpc) is 2.81. The Kier molecular flexibility index (Phi) is 4.77. The number of nitrogens with zero attached hydrogens (tertiary/aromatic N) is 3. The molecule has 1 atom stereocenters. The summed E-state index contributed by atoms with van der Waals surface area (Å²) >= 11 is 3.57. The molecule has 0 radical (unpaired) electrons. The number of anilines is 2. The number of halogens is 1. The number of rotatable bonds is 5. The fourth-order valence-corrected chi connectivity index (χ4v) is 2.91. The van der Waals surface area contributed by atoms with E-state index in [4.69, 9.17) is 5.11 Å². The molecule has 100 valence electrons. The van der Waals surface area contributed by atoms with Crippen molar-refractivity contribution in [1.29, 1.82) is 0 Å². The van der Waals surface area contributed by atoms with Gasteiger partial charge in [-0.2, -0.15) is 0 Å². The van der Waals surface area contributed by atoms with E-state index in [9.17, 15) is 0 Å². The molecular weight excluding hydrogens is 296 g/mol. The summed E-state index contributed by atoms with van der Waals surface area (Å²) in [4.78, 5) is 10.8. The summed E-state index contributed by atoms with van der Waals surface area (Å²) in [6, 6.07) is 0. The van der Waals surface area contributed by atoms with Gasteiger partial charge in [0.25, 0.3) is 0 Å². The summed E-state index contributed by atoms with van der Waals surface area (Å²) in [5, 5.41) is 12.2. The van der Waals surface area contributed by atoms with E-state index in [1.165, 1.54) is 0 Å². The molecule has 18 heavy (non-hydrogen) atoms. The van der Waals surface area contributed by atoms with Gasteiger partial charge in [-0.15, -0.1) is 0 Å². The van der Waals surface area contributed by atoms with Crippen LogP contribution in [0.25, 0.3) is 0 Å². The number of aliphatic hydroxyl groups is 1. The van der Waals surface area contributed by atoms with Gasteiger partial charge in [0.2, 0.25) is 0 Å². The van der Waals surface area contributed by atoms with Crippen LogP contribution in [0.3, 0.4) is 0 Å². The number of aliphatic hydroxyl groups excluding tert-OH is 1. The van der Waals surface area contributed by atoms with E-state index in [-0.39, 0.29) is 6.61 Å². The quantitative estimate of drug-likeness (QED) is 0.869. The zero-order valence-electron chi connectivity index (χ0n) is 10.6. The Hall–Kier alpha value is -0.880. The van der Waals surface area contributed by atoms with Crippen molar-refractivity contribution in [3.05, 3.63) is 10.8 Å². The van der Waals surface area contributed by atoms with Crippen LogP contribution in [0.4, 0.5) is 11.6 Å². The molecule has 0 saturated carbocycles. The Morgan fingerprint density at radius 1 is 1.56 bits per heavy atom.